The first kappa shape index (κ1) is 26.4. The van der Waals surface area contributed by atoms with E-state index in [1.165, 1.54) is 44.1 Å². The fourth-order valence-electron chi connectivity index (χ4n) is 6.30. The highest BCUT2D eigenvalue weighted by molar-refractivity contribution is 5.46. The van der Waals surface area contributed by atoms with Crippen molar-refractivity contribution in [2.75, 3.05) is 0 Å². The number of rotatable bonds is 7. The number of benzene rings is 2. The van der Waals surface area contributed by atoms with Gasteiger partial charge in [0.15, 0.2) is 0 Å². The molecule has 2 heteroatoms. The summed E-state index contributed by atoms with van der Waals surface area (Å²) in [5, 5.41) is 0. The lowest BCUT2D eigenvalue weighted by Gasteiger charge is -2.42. The molecule has 2 saturated carbocycles. The molecule has 2 fully saturated rings. The van der Waals surface area contributed by atoms with Crippen molar-refractivity contribution in [2.45, 2.75) is 84.0 Å². The van der Waals surface area contributed by atoms with E-state index >= 15 is 0 Å². The van der Waals surface area contributed by atoms with Gasteiger partial charge in [-0.1, -0.05) is 54.7 Å². The Morgan fingerprint density at radius 2 is 1.47 bits per heavy atom. The minimum absolute atomic E-state index is 0.119. The lowest BCUT2D eigenvalue weighted by atomic mass is 9.63. The summed E-state index contributed by atoms with van der Waals surface area (Å²) in [5.41, 5.74) is 2.70. The third-order valence-corrected chi connectivity index (χ3v) is 8.36. The van der Waals surface area contributed by atoms with Gasteiger partial charge >= 0.3 is 0 Å². The summed E-state index contributed by atoms with van der Waals surface area (Å²) >= 11 is 0. The summed E-state index contributed by atoms with van der Waals surface area (Å²) < 4.78 is 30.0. The van der Waals surface area contributed by atoms with Gasteiger partial charge in [-0.2, -0.15) is 0 Å². The number of aryl methyl sites for hydroxylation is 1. The van der Waals surface area contributed by atoms with E-state index in [-0.39, 0.29) is 11.5 Å². The highest BCUT2D eigenvalue weighted by Gasteiger charge is 2.36. The monoisotopic (exact) mass is 486 g/mol. The summed E-state index contributed by atoms with van der Waals surface area (Å²) in [6.07, 6.45) is 20.3. The third-order valence-electron chi connectivity index (χ3n) is 8.36. The molecule has 0 radical (unpaired) electrons. The van der Waals surface area contributed by atoms with E-state index in [9.17, 15) is 8.78 Å². The van der Waals surface area contributed by atoms with Crippen LogP contribution in [0.15, 0.2) is 60.7 Å². The molecule has 2 aromatic rings. The van der Waals surface area contributed by atoms with E-state index in [0.29, 0.717) is 5.92 Å². The normalized spacial score (nSPS) is 24.0. The molecule has 4 unspecified atom stereocenters. The molecule has 0 saturated heterocycles. The molecule has 36 heavy (non-hydrogen) atoms. The maximum Gasteiger partial charge on any atom is 0.142 e. The van der Waals surface area contributed by atoms with Crippen LogP contribution in [0.1, 0.15) is 99.8 Å². The van der Waals surface area contributed by atoms with Gasteiger partial charge in [0, 0.05) is 5.56 Å². The van der Waals surface area contributed by atoms with Gasteiger partial charge in [-0.3, -0.25) is 0 Å². The maximum absolute atomic E-state index is 15.0. The molecule has 0 N–H and O–H groups in total. The topological polar surface area (TPSA) is 0 Å². The van der Waals surface area contributed by atoms with Crippen molar-refractivity contribution >= 4 is 0 Å². The fourth-order valence-corrected chi connectivity index (χ4v) is 6.30. The summed E-state index contributed by atoms with van der Waals surface area (Å²) in [6.45, 7) is 4.11. The number of fused-ring (bicyclic) bond motifs is 1. The molecule has 190 valence electrons. The second kappa shape index (κ2) is 13.0. The fraction of sp³-hybridized carbons (Fsp3) is 0.471. The Balaban J connectivity index is 1.38. The van der Waals surface area contributed by atoms with Crippen molar-refractivity contribution in [1.29, 1.82) is 0 Å². The van der Waals surface area contributed by atoms with Gasteiger partial charge < -0.3 is 0 Å². The van der Waals surface area contributed by atoms with Gasteiger partial charge in [0.1, 0.15) is 11.6 Å². The average molecular weight is 487 g/mol. The van der Waals surface area contributed by atoms with Crippen molar-refractivity contribution in [3.63, 3.8) is 0 Å². The summed E-state index contributed by atoms with van der Waals surface area (Å²) in [5.74, 6) is 7.24. The summed E-state index contributed by atoms with van der Waals surface area (Å²) in [6, 6.07) is 11.0. The van der Waals surface area contributed by atoms with Crippen LogP contribution >= 0.6 is 0 Å². The lowest BCUT2D eigenvalue weighted by molar-refractivity contribution is 0.115. The van der Waals surface area contributed by atoms with E-state index in [0.717, 1.165) is 48.6 Å². The predicted octanol–water partition coefficient (Wildman–Crippen LogP) is 9.53. The van der Waals surface area contributed by atoms with Crippen molar-refractivity contribution in [2.24, 2.45) is 17.8 Å². The molecular formula is C34H40F2. The number of hydrogen-bond donors (Lipinski definition) is 0. The molecule has 0 spiro atoms. The van der Waals surface area contributed by atoms with Crippen LogP contribution < -0.4 is 0 Å². The summed E-state index contributed by atoms with van der Waals surface area (Å²) in [7, 11) is 0. The smallest absolute Gasteiger partial charge is 0.142 e. The average Bonchev–Trinajstić information content (AvgIpc) is 2.89. The van der Waals surface area contributed by atoms with Gasteiger partial charge in [0.2, 0.25) is 0 Å². The third kappa shape index (κ3) is 6.97. The minimum atomic E-state index is -0.532. The first-order valence-electron chi connectivity index (χ1n) is 13.9. The molecule has 0 heterocycles. The molecule has 4 atom stereocenters. The Bertz CT molecular complexity index is 1090. The highest BCUT2D eigenvalue weighted by Crippen LogP contribution is 2.48. The maximum atomic E-state index is 15.0. The van der Waals surface area contributed by atoms with Crippen molar-refractivity contribution in [3.8, 4) is 11.8 Å². The first-order valence-corrected chi connectivity index (χ1v) is 13.9. The van der Waals surface area contributed by atoms with Gasteiger partial charge in [0.05, 0.1) is 5.56 Å². The van der Waals surface area contributed by atoms with Crippen LogP contribution in [0.3, 0.4) is 0 Å². The molecule has 2 aliphatic rings. The zero-order chi connectivity index (χ0) is 25.3. The van der Waals surface area contributed by atoms with Crippen LogP contribution in [0.4, 0.5) is 8.78 Å². The Kier molecular flexibility index (Phi) is 9.57. The molecule has 4 rings (SSSR count). The van der Waals surface area contributed by atoms with E-state index < -0.39 is 11.6 Å². The largest absolute Gasteiger partial charge is 0.206 e. The molecule has 0 aromatic heterocycles. The Morgan fingerprint density at radius 1 is 0.806 bits per heavy atom. The molecule has 2 aromatic carbocycles. The zero-order valence-corrected chi connectivity index (χ0v) is 21.9. The molecule has 0 bridgehead atoms. The van der Waals surface area contributed by atoms with Gasteiger partial charge in [-0.05, 0) is 131 Å². The van der Waals surface area contributed by atoms with Crippen molar-refractivity contribution < 1.29 is 8.78 Å². The molecule has 0 amide bonds. The van der Waals surface area contributed by atoms with E-state index in [2.05, 4.69) is 43.1 Å². The van der Waals surface area contributed by atoms with Crippen molar-refractivity contribution in [3.05, 3.63) is 94.6 Å². The van der Waals surface area contributed by atoms with E-state index in [1.807, 2.05) is 31.2 Å². The SMILES string of the molecule is C/C=C/CCc1ccc(C#Cc2c(F)cc(C3CCC4CC(CC/C=C/C)CCC4C3)cc2F)cc1. The Hall–Kier alpha value is -2.66. The molecule has 0 nitrogen and oxygen atoms in total. The van der Waals surface area contributed by atoms with Crippen LogP contribution in [0.5, 0.6) is 0 Å². The zero-order valence-electron chi connectivity index (χ0n) is 21.9. The van der Waals surface area contributed by atoms with Crippen LogP contribution in [0, 0.1) is 41.2 Å². The minimum Gasteiger partial charge on any atom is -0.206 e. The summed E-state index contributed by atoms with van der Waals surface area (Å²) in [4.78, 5) is 0. The number of halogens is 2. The number of hydrogen-bond acceptors (Lipinski definition) is 0. The van der Waals surface area contributed by atoms with Crippen LogP contribution in [0.25, 0.3) is 0 Å². The second-order valence-electron chi connectivity index (χ2n) is 10.8. The van der Waals surface area contributed by atoms with E-state index in [4.69, 9.17) is 0 Å². The molecular weight excluding hydrogens is 446 g/mol. The quantitative estimate of drug-likeness (QED) is 0.270. The highest BCUT2D eigenvalue weighted by atomic mass is 19.1. The first-order chi connectivity index (χ1) is 17.6. The second-order valence-corrected chi connectivity index (χ2v) is 10.8. The van der Waals surface area contributed by atoms with Crippen molar-refractivity contribution in [1.82, 2.24) is 0 Å². The molecule has 0 aliphatic heterocycles. The van der Waals surface area contributed by atoms with Gasteiger partial charge in [0.25, 0.3) is 0 Å². The number of allylic oxidation sites excluding steroid dienone is 4. The standard InChI is InChI=1S/C34H40F2/c1-3-5-7-9-25-11-13-26(14-12-25)16-20-32-33(35)23-31(24-34(32)36)30-19-18-28-21-27(10-8-6-4-2)15-17-29(28)22-30/h3-6,11-14,23-24,27-30H,7-10,15,17-19,21-22H2,1-2H3/b5-3+,6-4+. The van der Waals surface area contributed by atoms with Crippen LogP contribution in [-0.4, -0.2) is 0 Å². The predicted molar refractivity (Wildman–Crippen MR) is 147 cm³/mol. The van der Waals surface area contributed by atoms with Crippen LogP contribution in [0.2, 0.25) is 0 Å². The Morgan fingerprint density at radius 3 is 2.19 bits per heavy atom. The lowest BCUT2D eigenvalue weighted by Crippen LogP contribution is -2.30. The van der Waals surface area contributed by atoms with Crippen LogP contribution in [-0.2, 0) is 6.42 Å². The van der Waals surface area contributed by atoms with E-state index in [1.54, 1.807) is 12.1 Å². The Labute approximate surface area is 216 Å². The van der Waals surface area contributed by atoms with Gasteiger partial charge in [-0.15, -0.1) is 0 Å². The van der Waals surface area contributed by atoms with Gasteiger partial charge in [-0.25, -0.2) is 8.78 Å². The molecule has 2 aliphatic carbocycles.